The minimum absolute atomic E-state index is 0.434. The van der Waals surface area contributed by atoms with Crippen LogP contribution in [0.15, 0.2) is 17.2 Å². The van der Waals surface area contributed by atoms with Gasteiger partial charge in [0, 0.05) is 16.8 Å². The van der Waals surface area contributed by atoms with Crippen molar-refractivity contribution in [2.45, 2.75) is 30.5 Å². The van der Waals surface area contributed by atoms with E-state index >= 15 is 0 Å². The lowest BCUT2D eigenvalue weighted by atomic mass is 10.2. The summed E-state index contributed by atoms with van der Waals surface area (Å²) in [5.74, 6) is 0.658. The number of aryl methyl sites for hydroxylation is 1. The molecular weight excluding hydrogens is 228 g/mol. The predicted octanol–water partition coefficient (Wildman–Crippen LogP) is 3.37. The molecule has 1 unspecified atom stereocenters. The van der Waals surface area contributed by atoms with Gasteiger partial charge in [0.15, 0.2) is 0 Å². The molecule has 2 nitrogen and oxygen atoms in total. The molecule has 0 bridgehead atoms. The number of rotatable bonds is 4. The SMILES string of the molecule is Cc1cc(C#N)cc(SC(C)CCCl)n1. The Morgan fingerprint density at radius 3 is 2.93 bits per heavy atom. The molecule has 0 saturated heterocycles. The molecule has 80 valence electrons. The smallest absolute Gasteiger partial charge is 0.0993 e. The highest BCUT2D eigenvalue weighted by molar-refractivity contribution is 7.99. The van der Waals surface area contributed by atoms with Crippen LogP contribution < -0.4 is 0 Å². The van der Waals surface area contributed by atoms with Gasteiger partial charge in [-0.15, -0.1) is 23.4 Å². The fourth-order valence-corrected chi connectivity index (χ4v) is 2.68. The van der Waals surface area contributed by atoms with E-state index in [9.17, 15) is 0 Å². The summed E-state index contributed by atoms with van der Waals surface area (Å²) in [6, 6.07) is 5.74. The molecule has 0 N–H and O–H groups in total. The molecule has 4 heteroatoms. The average molecular weight is 241 g/mol. The molecule has 0 saturated carbocycles. The highest BCUT2D eigenvalue weighted by Crippen LogP contribution is 2.24. The van der Waals surface area contributed by atoms with Crippen LogP contribution in [-0.4, -0.2) is 16.1 Å². The number of halogens is 1. The Labute approximate surface area is 99.7 Å². The molecule has 0 amide bonds. The third-order valence-electron chi connectivity index (χ3n) is 1.90. The average Bonchev–Trinajstić information content (AvgIpc) is 2.17. The fourth-order valence-electron chi connectivity index (χ4n) is 1.18. The summed E-state index contributed by atoms with van der Waals surface area (Å²) in [5.41, 5.74) is 1.55. The Balaban J connectivity index is 2.77. The number of thioether (sulfide) groups is 1. The van der Waals surface area contributed by atoms with Gasteiger partial charge in [0.25, 0.3) is 0 Å². The Hall–Kier alpha value is -0.720. The molecule has 0 aliphatic heterocycles. The van der Waals surface area contributed by atoms with Crippen LogP contribution in [0.2, 0.25) is 0 Å². The van der Waals surface area contributed by atoms with E-state index in [0.29, 0.717) is 16.7 Å². The van der Waals surface area contributed by atoms with Crippen molar-refractivity contribution >= 4 is 23.4 Å². The summed E-state index contributed by atoms with van der Waals surface area (Å²) in [6.45, 7) is 4.01. The Morgan fingerprint density at radius 1 is 1.60 bits per heavy atom. The highest BCUT2D eigenvalue weighted by Gasteiger charge is 2.06. The highest BCUT2D eigenvalue weighted by atomic mass is 35.5. The van der Waals surface area contributed by atoms with Gasteiger partial charge in [-0.05, 0) is 25.5 Å². The van der Waals surface area contributed by atoms with Gasteiger partial charge in [-0.1, -0.05) is 6.92 Å². The van der Waals surface area contributed by atoms with Gasteiger partial charge in [0.2, 0.25) is 0 Å². The molecule has 0 radical (unpaired) electrons. The van der Waals surface area contributed by atoms with Crippen molar-refractivity contribution in [1.29, 1.82) is 5.26 Å². The third-order valence-corrected chi connectivity index (χ3v) is 3.20. The van der Waals surface area contributed by atoms with E-state index in [1.54, 1.807) is 17.8 Å². The summed E-state index contributed by atoms with van der Waals surface area (Å²) >= 11 is 7.33. The van der Waals surface area contributed by atoms with Gasteiger partial charge in [0.1, 0.15) is 0 Å². The molecule has 1 aromatic rings. The number of hydrogen-bond acceptors (Lipinski definition) is 3. The van der Waals surface area contributed by atoms with Crippen LogP contribution in [0.3, 0.4) is 0 Å². The number of alkyl halides is 1. The maximum Gasteiger partial charge on any atom is 0.0993 e. The molecule has 0 aromatic carbocycles. The number of nitriles is 1. The van der Waals surface area contributed by atoms with Crippen molar-refractivity contribution in [3.63, 3.8) is 0 Å². The first-order chi connectivity index (χ1) is 7.15. The quantitative estimate of drug-likeness (QED) is 0.598. The van der Waals surface area contributed by atoms with Crippen LogP contribution >= 0.6 is 23.4 Å². The molecular formula is C11H13ClN2S. The first-order valence-electron chi connectivity index (χ1n) is 4.77. The normalized spacial score (nSPS) is 12.1. The van der Waals surface area contributed by atoms with Crippen LogP contribution in [0.1, 0.15) is 24.6 Å². The van der Waals surface area contributed by atoms with E-state index in [0.717, 1.165) is 17.1 Å². The molecule has 0 fully saturated rings. The zero-order chi connectivity index (χ0) is 11.3. The van der Waals surface area contributed by atoms with Crippen molar-refractivity contribution in [1.82, 2.24) is 4.98 Å². The lowest BCUT2D eigenvalue weighted by Crippen LogP contribution is -1.98. The van der Waals surface area contributed by atoms with Gasteiger partial charge in [-0.25, -0.2) is 4.98 Å². The minimum Gasteiger partial charge on any atom is -0.247 e. The van der Waals surface area contributed by atoms with Gasteiger partial charge < -0.3 is 0 Å². The van der Waals surface area contributed by atoms with Crippen molar-refractivity contribution in [2.75, 3.05) is 5.88 Å². The second-order valence-corrected chi connectivity index (χ2v) is 5.19. The Morgan fingerprint density at radius 2 is 2.33 bits per heavy atom. The van der Waals surface area contributed by atoms with E-state index in [-0.39, 0.29) is 0 Å². The standard InChI is InChI=1S/C11H13ClN2S/c1-8-5-10(7-13)6-11(14-8)15-9(2)3-4-12/h5-6,9H,3-4H2,1-2H3. The second-order valence-electron chi connectivity index (χ2n) is 3.35. The summed E-state index contributed by atoms with van der Waals surface area (Å²) < 4.78 is 0. The van der Waals surface area contributed by atoms with E-state index in [4.69, 9.17) is 16.9 Å². The molecule has 15 heavy (non-hydrogen) atoms. The van der Waals surface area contributed by atoms with Gasteiger partial charge in [-0.2, -0.15) is 5.26 Å². The number of nitrogens with zero attached hydrogens (tertiary/aromatic N) is 2. The summed E-state index contributed by atoms with van der Waals surface area (Å²) in [6.07, 6.45) is 0.948. The zero-order valence-corrected chi connectivity index (χ0v) is 10.4. The summed E-state index contributed by atoms with van der Waals surface area (Å²) in [5, 5.41) is 10.2. The van der Waals surface area contributed by atoms with Crippen LogP contribution in [0.4, 0.5) is 0 Å². The van der Waals surface area contributed by atoms with Crippen LogP contribution in [-0.2, 0) is 0 Å². The summed E-state index contributed by atoms with van der Waals surface area (Å²) in [7, 11) is 0. The number of aromatic nitrogens is 1. The van der Waals surface area contributed by atoms with Crippen LogP contribution in [0.5, 0.6) is 0 Å². The maximum absolute atomic E-state index is 8.82. The topological polar surface area (TPSA) is 36.7 Å². The fraction of sp³-hybridized carbons (Fsp3) is 0.455. The molecule has 0 spiro atoms. The first-order valence-corrected chi connectivity index (χ1v) is 6.18. The lowest BCUT2D eigenvalue weighted by molar-refractivity contribution is 0.905. The van der Waals surface area contributed by atoms with Crippen molar-refractivity contribution in [2.24, 2.45) is 0 Å². The Bertz CT molecular complexity index is 373. The Kier molecular flexibility index (Phi) is 4.93. The van der Waals surface area contributed by atoms with E-state index in [2.05, 4.69) is 18.0 Å². The van der Waals surface area contributed by atoms with Gasteiger partial charge >= 0.3 is 0 Å². The van der Waals surface area contributed by atoms with Crippen molar-refractivity contribution < 1.29 is 0 Å². The van der Waals surface area contributed by atoms with E-state index in [1.807, 2.05) is 13.0 Å². The molecule has 0 aliphatic rings. The van der Waals surface area contributed by atoms with Gasteiger partial charge in [0.05, 0.1) is 16.7 Å². The molecule has 1 aromatic heterocycles. The van der Waals surface area contributed by atoms with Gasteiger partial charge in [-0.3, -0.25) is 0 Å². The molecule has 0 aliphatic carbocycles. The van der Waals surface area contributed by atoms with Crippen molar-refractivity contribution in [3.8, 4) is 6.07 Å². The van der Waals surface area contributed by atoms with E-state index in [1.165, 1.54) is 0 Å². The third kappa shape index (κ3) is 4.11. The molecule has 1 rings (SSSR count). The number of hydrogen-bond donors (Lipinski definition) is 0. The van der Waals surface area contributed by atoms with Crippen LogP contribution in [0, 0.1) is 18.3 Å². The zero-order valence-electron chi connectivity index (χ0n) is 8.83. The monoisotopic (exact) mass is 240 g/mol. The number of pyridine rings is 1. The maximum atomic E-state index is 8.82. The second kappa shape index (κ2) is 5.99. The van der Waals surface area contributed by atoms with Crippen LogP contribution in [0.25, 0.3) is 0 Å². The predicted molar refractivity (Wildman–Crippen MR) is 64.3 cm³/mol. The van der Waals surface area contributed by atoms with Crippen molar-refractivity contribution in [3.05, 3.63) is 23.4 Å². The minimum atomic E-state index is 0.434. The molecule has 1 atom stereocenters. The van der Waals surface area contributed by atoms with E-state index < -0.39 is 0 Å². The lowest BCUT2D eigenvalue weighted by Gasteiger charge is -2.08. The molecule has 1 heterocycles. The summed E-state index contributed by atoms with van der Waals surface area (Å²) in [4.78, 5) is 4.37. The largest absolute Gasteiger partial charge is 0.247 e. The first kappa shape index (κ1) is 12.4.